The van der Waals surface area contributed by atoms with Crippen molar-refractivity contribution in [2.24, 2.45) is 0 Å². The second kappa shape index (κ2) is 12.5. The highest BCUT2D eigenvalue weighted by molar-refractivity contribution is 5.89. The van der Waals surface area contributed by atoms with E-state index in [9.17, 15) is 9.59 Å². The zero-order valence-corrected chi connectivity index (χ0v) is 20.6. The molecule has 0 aromatic heterocycles. The van der Waals surface area contributed by atoms with Crippen LogP contribution in [-0.2, 0) is 22.6 Å². The molecule has 3 aromatic rings. The van der Waals surface area contributed by atoms with Gasteiger partial charge >= 0.3 is 0 Å². The Bertz CT molecular complexity index is 1120. The van der Waals surface area contributed by atoms with E-state index < -0.39 is 6.04 Å². The van der Waals surface area contributed by atoms with E-state index in [4.69, 9.17) is 14.2 Å². The van der Waals surface area contributed by atoms with E-state index in [0.29, 0.717) is 18.0 Å². The summed E-state index contributed by atoms with van der Waals surface area (Å²) in [5.74, 6) is 1.44. The first kappa shape index (κ1) is 25.6. The number of methoxy groups -OCH3 is 3. The first-order valence-electron chi connectivity index (χ1n) is 11.5. The van der Waals surface area contributed by atoms with Gasteiger partial charge in [-0.05, 0) is 47.9 Å². The maximum atomic E-state index is 13.8. The van der Waals surface area contributed by atoms with Crippen molar-refractivity contribution in [3.8, 4) is 17.2 Å². The third-order valence-corrected chi connectivity index (χ3v) is 5.66. The van der Waals surface area contributed by atoms with Crippen molar-refractivity contribution in [3.05, 3.63) is 89.5 Å². The highest BCUT2D eigenvalue weighted by Crippen LogP contribution is 2.29. The predicted molar refractivity (Wildman–Crippen MR) is 135 cm³/mol. The van der Waals surface area contributed by atoms with Crippen molar-refractivity contribution in [1.29, 1.82) is 0 Å². The molecule has 0 saturated carbocycles. The van der Waals surface area contributed by atoms with Crippen LogP contribution in [0, 0.1) is 0 Å². The van der Waals surface area contributed by atoms with Crippen LogP contribution >= 0.6 is 0 Å². The second-order valence-corrected chi connectivity index (χ2v) is 7.94. The van der Waals surface area contributed by atoms with Gasteiger partial charge in [0.05, 0.1) is 27.8 Å². The maximum absolute atomic E-state index is 13.8. The normalized spacial score (nSPS) is 11.3. The molecule has 7 heteroatoms. The fourth-order valence-electron chi connectivity index (χ4n) is 3.90. The summed E-state index contributed by atoms with van der Waals surface area (Å²) in [6.07, 6.45) is 0.0965. The molecular formula is C28H32N2O5. The maximum Gasteiger partial charge on any atom is 0.247 e. The van der Waals surface area contributed by atoms with Gasteiger partial charge in [0, 0.05) is 13.1 Å². The van der Waals surface area contributed by atoms with Gasteiger partial charge in [-0.2, -0.15) is 0 Å². The molecule has 1 atom stereocenters. The van der Waals surface area contributed by atoms with E-state index in [1.54, 1.807) is 38.4 Å². The van der Waals surface area contributed by atoms with Crippen molar-refractivity contribution in [1.82, 2.24) is 10.2 Å². The first-order chi connectivity index (χ1) is 17.0. The summed E-state index contributed by atoms with van der Waals surface area (Å²) < 4.78 is 16.0. The molecule has 0 bridgehead atoms. The van der Waals surface area contributed by atoms with Crippen LogP contribution in [0.25, 0.3) is 0 Å². The van der Waals surface area contributed by atoms with Crippen LogP contribution in [0.1, 0.15) is 29.7 Å². The lowest BCUT2D eigenvalue weighted by Gasteiger charge is -2.32. The second-order valence-electron chi connectivity index (χ2n) is 7.94. The molecule has 0 spiro atoms. The third kappa shape index (κ3) is 6.53. The minimum atomic E-state index is -0.786. The molecule has 0 aliphatic carbocycles. The van der Waals surface area contributed by atoms with Crippen LogP contribution in [-0.4, -0.2) is 44.6 Å². The Hall–Kier alpha value is -4.00. The largest absolute Gasteiger partial charge is 0.497 e. The van der Waals surface area contributed by atoms with Crippen LogP contribution in [0.2, 0.25) is 0 Å². The molecule has 0 radical (unpaired) electrons. The Morgan fingerprint density at radius 2 is 1.49 bits per heavy atom. The van der Waals surface area contributed by atoms with E-state index in [-0.39, 0.29) is 24.8 Å². The van der Waals surface area contributed by atoms with Crippen molar-refractivity contribution in [2.45, 2.75) is 25.9 Å². The number of hydrogen-bond acceptors (Lipinski definition) is 5. The minimum Gasteiger partial charge on any atom is -0.497 e. The Morgan fingerprint density at radius 1 is 0.829 bits per heavy atom. The SMILES string of the molecule is CCNC(=O)[C@H](c1ccccc1)N(Cc1ccc(OC)cc1)C(=O)Cc1ccc(OC)c(OC)c1. The van der Waals surface area contributed by atoms with Crippen LogP contribution in [0.15, 0.2) is 72.8 Å². The van der Waals surface area contributed by atoms with Gasteiger partial charge in [0.25, 0.3) is 0 Å². The number of nitrogens with one attached hydrogen (secondary N) is 1. The number of carbonyl (C=O) groups is 2. The summed E-state index contributed by atoms with van der Waals surface area (Å²) in [7, 11) is 4.73. The molecule has 0 fully saturated rings. The number of rotatable bonds is 11. The third-order valence-electron chi connectivity index (χ3n) is 5.66. The molecule has 35 heavy (non-hydrogen) atoms. The van der Waals surface area contributed by atoms with Crippen LogP contribution in [0.3, 0.4) is 0 Å². The molecule has 3 aromatic carbocycles. The van der Waals surface area contributed by atoms with E-state index in [1.807, 2.05) is 67.6 Å². The van der Waals surface area contributed by atoms with Crippen molar-refractivity contribution in [3.63, 3.8) is 0 Å². The van der Waals surface area contributed by atoms with Gasteiger partial charge in [0.2, 0.25) is 11.8 Å². The highest BCUT2D eigenvalue weighted by atomic mass is 16.5. The molecular weight excluding hydrogens is 444 g/mol. The Labute approximate surface area is 206 Å². The Kier molecular flexibility index (Phi) is 9.12. The lowest BCUT2D eigenvalue weighted by Crippen LogP contribution is -2.44. The summed E-state index contributed by atoms with van der Waals surface area (Å²) in [6, 6.07) is 21.4. The van der Waals surface area contributed by atoms with Crippen LogP contribution < -0.4 is 19.5 Å². The predicted octanol–water partition coefficient (Wildman–Crippen LogP) is 4.16. The highest BCUT2D eigenvalue weighted by Gasteiger charge is 2.31. The zero-order valence-electron chi connectivity index (χ0n) is 20.6. The molecule has 0 saturated heterocycles. The summed E-state index contributed by atoms with van der Waals surface area (Å²) in [6.45, 7) is 2.58. The summed E-state index contributed by atoms with van der Waals surface area (Å²) in [5.41, 5.74) is 2.39. The molecule has 3 rings (SSSR count). The number of carbonyl (C=O) groups excluding carboxylic acids is 2. The Morgan fingerprint density at radius 3 is 2.09 bits per heavy atom. The molecule has 7 nitrogen and oxygen atoms in total. The van der Waals surface area contributed by atoms with Gasteiger partial charge in [-0.15, -0.1) is 0 Å². The van der Waals surface area contributed by atoms with Gasteiger partial charge < -0.3 is 24.4 Å². The lowest BCUT2D eigenvalue weighted by molar-refractivity contribution is -0.141. The molecule has 0 heterocycles. The summed E-state index contributed by atoms with van der Waals surface area (Å²) in [4.78, 5) is 28.6. The number of ether oxygens (including phenoxy) is 3. The number of hydrogen-bond donors (Lipinski definition) is 1. The van der Waals surface area contributed by atoms with E-state index in [2.05, 4.69) is 5.32 Å². The molecule has 0 aliphatic rings. The number of benzene rings is 3. The number of likely N-dealkylation sites (N-methyl/N-ethyl adjacent to an activating group) is 1. The van der Waals surface area contributed by atoms with Crippen molar-refractivity contribution >= 4 is 11.8 Å². The Balaban J connectivity index is 1.99. The average Bonchev–Trinajstić information content (AvgIpc) is 2.89. The molecule has 0 aliphatic heterocycles. The standard InChI is InChI=1S/C28H32N2O5/c1-5-29-28(32)27(22-9-7-6-8-10-22)30(19-20-11-14-23(33-2)15-12-20)26(31)18-21-13-16-24(34-3)25(17-21)35-4/h6-17,27H,5,18-19H2,1-4H3,(H,29,32)/t27-/m0/s1. The van der Waals surface area contributed by atoms with Gasteiger partial charge in [-0.1, -0.05) is 48.5 Å². The van der Waals surface area contributed by atoms with Gasteiger partial charge in [-0.3, -0.25) is 9.59 Å². The zero-order chi connectivity index (χ0) is 25.2. The minimum absolute atomic E-state index is 0.0965. The van der Waals surface area contributed by atoms with Gasteiger partial charge in [-0.25, -0.2) is 0 Å². The lowest BCUT2D eigenvalue weighted by atomic mass is 10.0. The van der Waals surface area contributed by atoms with Crippen LogP contribution in [0.5, 0.6) is 17.2 Å². The molecule has 184 valence electrons. The molecule has 2 amide bonds. The molecule has 1 N–H and O–H groups in total. The fraction of sp³-hybridized carbons (Fsp3) is 0.286. The smallest absolute Gasteiger partial charge is 0.247 e. The van der Waals surface area contributed by atoms with Crippen molar-refractivity contribution < 1.29 is 23.8 Å². The van der Waals surface area contributed by atoms with E-state index in [0.717, 1.165) is 22.4 Å². The van der Waals surface area contributed by atoms with Gasteiger partial charge in [0.15, 0.2) is 11.5 Å². The number of nitrogens with zero attached hydrogens (tertiary/aromatic N) is 1. The summed E-state index contributed by atoms with van der Waals surface area (Å²) in [5, 5.41) is 2.89. The van der Waals surface area contributed by atoms with E-state index in [1.165, 1.54) is 0 Å². The van der Waals surface area contributed by atoms with Crippen molar-refractivity contribution in [2.75, 3.05) is 27.9 Å². The molecule has 0 unspecified atom stereocenters. The van der Waals surface area contributed by atoms with Crippen LogP contribution in [0.4, 0.5) is 0 Å². The first-order valence-corrected chi connectivity index (χ1v) is 11.5. The quantitative estimate of drug-likeness (QED) is 0.450. The monoisotopic (exact) mass is 476 g/mol. The van der Waals surface area contributed by atoms with E-state index >= 15 is 0 Å². The summed E-state index contributed by atoms with van der Waals surface area (Å²) >= 11 is 0. The average molecular weight is 477 g/mol. The fourth-order valence-corrected chi connectivity index (χ4v) is 3.90. The van der Waals surface area contributed by atoms with Gasteiger partial charge in [0.1, 0.15) is 11.8 Å². The topological polar surface area (TPSA) is 77.1 Å². The number of amides is 2.